The molecule has 0 saturated heterocycles. The molecule has 11 heteroatoms. The minimum Gasteiger partial charge on any atom is -0.546 e. The average molecular weight is 908 g/mol. The fourth-order valence-electron chi connectivity index (χ4n) is 6.32. The molecule has 0 spiro atoms. The number of hydrogen-bond donors (Lipinski definition) is 2. The van der Waals surface area contributed by atoms with Crippen LogP contribution in [0.2, 0.25) is 0 Å². The van der Waals surface area contributed by atoms with E-state index >= 15 is 0 Å². The molecule has 0 saturated carbocycles. The number of rotatable bonds is 36. The first-order chi connectivity index (χ1) is 25.7. The smallest absolute Gasteiger partial charge is 0.546 e. The van der Waals surface area contributed by atoms with Gasteiger partial charge in [0.1, 0.15) is 23.4 Å². The van der Waals surface area contributed by atoms with E-state index in [4.69, 9.17) is 9.47 Å². The van der Waals surface area contributed by atoms with E-state index < -0.39 is 47.3 Å². The molecular weight excluding hydrogens is 826 g/mol. The first-order valence-electron chi connectivity index (χ1n) is 21.9. The molecule has 0 aliphatic rings. The van der Waals surface area contributed by atoms with Crippen molar-refractivity contribution in [2.24, 2.45) is 0 Å². The Morgan fingerprint density at radius 3 is 0.782 bits per heavy atom. The first-order valence-corrected chi connectivity index (χ1v) is 21.9. The Morgan fingerprint density at radius 2 is 0.618 bits per heavy atom. The summed E-state index contributed by atoms with van der Waals surface area (Å²) in [6.45, 7) is 9.67. The van der Waals surface area contributed by atoms with Crippen LogP contribution in [0.3, 0.4) is 0 Å². The zero-order valence-electron chi connectivity index (χ0n) is 36.2. The molecule has 0 aliphatic heterocycles. The van der Waals surface area contributed by atoms with Crippen LogP contribution in [0, 0.1) is 0 Å². The number of carbonyl (C=O) groups excluding carboxylic acids is 4. The number of unbranched alkanes of at least 4 members (excludes halogenated alkanes) is 26. The molecule has 0 aromatic rings. The number of carboxylic acid groups (broad SMARTS) is 2. The normalized spacial score (nSPS) is 14.3. The van der Waals surface area contributed by atoms with Gasteiger partial charge in [-0.15, -0.1) is 0 Å². The molecule has 0 rings (SSSR count). The molecule has 0 aromatic carbocycles. The van der Waals surface area contributed by atoms with Crippen LogP contribution in [0.1, 0.15) is 234 Å². The number of hydrogen-bond acceptors (Lipinski definition) is 10. The van der Waals surface area contributed by atoms with Gasteiger partial charge in [0.2, 0.25) is 0 Å². The summed E-state index contributed by atoms with van der Waals surface area (Å²) in [7, 11) is 0. The van der Waals surface area contributed by atoms with Crippen molar-refractivity contribution in [3.05, 3.63) is 0 Å². The van der Waals surface area contributed by atoms with Crippen LogP contribution in [0.15, 0.2) is 0 Å². The van der Waals surface area contributed by atoms with Gasteiger partial charge < -0.3 is 39.5 Å². The molecule has 0 fully saturated rings. The number of ether oxygens (including phenoxy) is 2. The van der Waals surface area contributed by atoms with Gasteiger partial charge in [-0.3, -0.25) is 0 Å². The predicted octanol–water partition coefficient (Wildman–Crippen LogP) is 8.20. The summed E-state index contributed by atoms with van der Waals surface area (Å²) in [5.41, 5.74) is -3.32. The van der Waals surface area contributed by atoms with E-state index in [1.165, 1.54) is 156 Å². The third-order valence-electron chi connectivity index (χ3n) is 10.2. The third kappa shape index (κ3) is 35.1. The average Bonchev–Trinajstić information content (AvgIpc) is 3.11. The quantitative estimate of drug-likeness (QED) is 0.0355. The fraction of sp³-hybridized carbons (Fsp3) is 0.909. The Kier molecular flexibility index (Phi) is 41.5. The van der Waals surface area contributed by atoms with Crippen molar-refractivity contribution in [2.45, 2.75) is 258 Å². The largest absolute Gasteiger partial charge is 2.00 e. The number of esters is 2. The molecule has 320 valence electrons. The van der Waals surface area contributed by atoms with E-state index in [2.05, 4.69) is 13.8 Å². The van der Waals surface area contributed by atoms with Gasteiger partial charge in [0, 0.05) is 0 Å². The van der Waals surface area contributed by atoms with Gasteiger partial charge in [-0.05, 0) is 53.4 Å². The van der Waals surface area contributed by atoms with Crippen LogP contribution in [0.25, 0.3) is 0 Å². The Hall–Kier alpha value is -0.629. The molecule has 0 bridgehead atoms. The van der Waals surface area contributed by atoms with Crippen LogP contribution in [-0.2, 0) is 28.7 Å². The van der Waals surface area contributed by atoms with Crippen LogP contribution < -0.4 is 10.2 Å². The Balaban J connectivity index is -0.000000966. The molecule has 0 radical (unpaired) electrons. The summed E-state index contributed by atoms with van der Waals surface area (Å²) >= 11 is 0. The van der Waals surface area contributed by atoms with E-state index in [-0.39, 0.29) is 61.7 Å². The maximum Gasteiger partial charge on any atom is 2.00 e. The third-order valence-corrected chi connectivity index (χ3v) is 10.2. The first kappa shape index (κ1) is 58.7. The maximum absolute atomic E-state index is 11.4. The molecule has 10 nitrogen and oxygen atoms in total. The molecule has 4 atom stereocenters. The summed E-state index contributed by atoms with van der Waals surface area (Å²) in [5, 5.41) is 40.9. The number of aliphatic hydroxyl groups is 2. The minimum atomic E-state index is -1.66. The van der Waals surface area contributed by atoms with Crippen molar-refractivity contribution in [2.75, 3.05) is 0 Å². The second-order valence-corrected chi connectivity index (χ2v) is 15.9. The summed E-state index contributed by atoms with van der Waals surface area (Å²) in [6, 6.07) is 0. The predicted molar refractivity (Wildman–Crippen MR) is 218 cm³/mol. The van der Waals surface area contributed by atoms with Crippen molar-refractivity contribution >= 4 is 72.8 Å². The van der Waals surface area contributed by atoms with Gasteiger partial charge in [0.15, 0.2) is 0 Å². The van der Waals surface area contributed by atoms with Gasteiger partial charge in [-0.25, -0.2) is 9.59 Å². The van der Waals surface area contributed by atoms with Crippen LogP contribution in [0.5, 0.6) is 0 Å². The SMILES string of the molecule is CCCCCCCCCCCCCCCCC(C)(OC(=O)C(C)O)C(=O)[O-].CCCCCCCCCCCCCCCCC(C)(OC(=O)C(C)O)C(=O)[O-].[Ba+2]. The topological polar surface area (TPSA) is 173 Å². The van der Waals surface area contributed by atoms with Gasteiger partial charge in [0.25, 0.3) is 0 Å². The molecule has 0 heterocycles. The second kappa shape index (κ2) is 38.9. The van der Waals surface area contributed by atoms with E-state index in [1.807, 2.05) is 0 Å². The molecule has 0 aliphatic carbocycles. The molecule has 0 aromatic heterocycles. The van der Waals surface area contributed by atoms with E-state index in [9.17, 15) is 39.6 Å². The number of carbonyl (C=O) groups is 4. The van der Waals surface area contributed by atoms with Crippen LogP contribution in [-0.4, -0.2) is 106 Å². The Bertz CT molecular complexity index is 870. The monoisotopic (exact) mass is 908 g/mol. The molecule has 4 unspecified atom stereocenters. The second-order valence-electron chi connectivity index (χ2n) is 15.9. The summed E-state index contributed by atoms with van der Waals surface area (Å²) in [4.78, 5) is 45.4. The summed E-state index contributed by atoms with van der Waals surface area (Å²) in [5.74, 6) is -4.67. The van der Waals surface area contributed by atoms with Gasteiger partial charge in [-0.2, -0.15) is 0 Å². The van der Waals surface area contributed by atoms with Crippen molar-refractivity contribution in [3.63, 3.8) is 0 Å². The van der Waals surface area contributed by atoms with Crippen molar-refractivity contribution < 1.29 is 49.1 Å². The Morgan fingerprint density at radius 1 is 0.436 bits per heavy atom. The maximum atomic E-state index is 11.4. The van der Waals surface area contributed by atoms with Crippen LogP contribution >= 0.6 is 0 Å². The minimum absolute atomic E-state index is 0. The Labute approximate surface area is 376 Å². The zero-order chi connectivity index (χ0) is 41.1. The number of aliphatic carboxylic acids is 2. The molecule has 0 amide bonds. The molecular formula is C44H82BaO10. The van der Waals surface area contributed by atoms with Gasteiger partial charge >= 0.3 is 60.8 Å². The molecule has 55 heavy (non-hydrogen) atoms. The van der Waals surface area contributed by atoms with E-state index in [1.54, 1.807) is 0 Å². The van der Waals surface area contributed by atoms with E-state index in [0.717, 1.165) is 38.5 Å². The molecule has 2 N–H and O–H groups in total. The van der Waals surface area contributed by atoms with Crippen LogP contribution in [0.4, 0.5) is 0 Å². The van der Waals surface area contributed by atoms with E-state index in [0.29, 0.717) is 12.8 Å². The summed E-state index contributed by atoms with van der Waals surface area (Å²) in [6.07, 6.45) is 32.0. The van der Waals surface area contributed by atoms with Gasteiger partial charge in [-0.1, -0.05) is 181 Å². The standard InChI is InChI=1S/2C22H42O5.Ba/c2*1-4-5-6-7-8-9-10-11-12-13-14-15-16-17-18-22(3,21(25)26)27-20(24)19(2)23;/h2*19,23H,4-18H2,1-3H3,(H,25,26);/q;;+2/p-2. The van der Waals surface area contributed by atoms with Crippen molar-refractivity contribution in [1.29, 1.82) is 0 Å². The zero-order valence-corrected chi connectivity index (χ0v) is 40.7. The number of aliphatic hydroxyl groups excluding tert-OH is 2. The van der Waals surface area contributed by atoms with Crippen molar-refractivity contribution in [1.82, 2.24) is 0 Å². The number of carboxylic acids is 2. The van der Waals surface area contributed by atoms with Gasteiger partial charge in [0.05, 0.1) is 11.9 Å². The van der Waals surface area contributed by atoms with Crippen molar-refractivity contribution in [3.8, 4) is 0 Å². The fourth-order valence-corrected chi connectivity index (χ4v) is 6.32. The summed E-state index contributed by atoms with van der Waals surface area (Å²) < 4.78 is 9.85.